The van der Waals surface area contributed by atoms with Gasteiger partial charge in [0.2, 0.25) is 0 Å². The first kappa shape index (κ1) is 16.7. The van der Waals surface area contributed by atoms with E-state index in [1.165, 1.54) is 0 Å². The number of alkyl halides is 1. The van der Waals surface area contributed by atoms with E-state index in [0.29, 0.717) is 25.3 Å². The zero-order valence-electron chi connectivity index (χ0n) is 14.4. The minimum atomic E-state index is -0.850. The lowest BCUT2D eigenvalue weighted by Gasteiger charge is -2.27. The van der Waals surface area contributed by atoms with Crippen molar-refractivity contribution < 1.29 is 9.13 Å². The summed E-state index contributed by atoms with van der Waals surface area (Å²) < 4.78 is 18.8. The lowest BCUT2D eigenvalue weighted by atomic mass is 10.0. The Kier molecular flexibility index (Phi) is 4.62. The number of pyridine rings is 1. The number of anilines is 1. The van der Waals surface area contributed by atoms with Gasteiger partial charge in [0.1, 0.15) is 17.6 Å². The van der Waals surface area contributed by atoms with Crippen LogP contribution in [0, 0.1) is 0 Å². The van der Waals surface area contributed by atoms with E-state index in [1.54, 1.807) is 19.5 Å². The number of nitrogens with zero attached hydrogens (tertiary/aromatic N) is 3. The van der Waals surface area contributed by atoms with Crippen LogP contribution in [0.5, 0.6) is 5.75 Å². The molecule has 0 spiro atoms. The second kappa shape index (κ2) is 7.21. The highest BCUT2D eigenvalue weighted by Gasteiger charge is 2.22. The van der Waals surface area contributed by atoms with Gasteiger partial charge in [-0.15, -0.1) is 10.2 Å². The van der Waals surface area contributed by atoms with Crippen molar-refractivity contribution in [2.24, 2.45) is 0 Å². The van der Waals surface area contributed by atoms with Crippen molar-refractivity contribution in [2.45, 2.75) is 18.6 Å². The van der Waals surface area contributed by atoms with Crippen molar-refractivity contribution in [3.05, 3.63) is 42.7 Å². The maximum atomic E-state index is 13.6. The highest BCUT2D eigenvalue weighted by molar-refractivity contribution is 5.99. The van der Waals surface area contributed by atoms with Crippen LogP contribution in [0.3, 0.4) is 0 Å². The molecule has 3 aromatic rings. The molecule has 134 valence electrons. The number of methoxy groups -OCH3 is 1. The average Bonchev–Trinajstić information content (AvgIpc) is 2.68. The molecule has 26 heavy (non-hydrogen) atoms. The molecule has 2 atom stereocenters. The summed E-state index contributed by atoms with van der Waals surface area (Å²) in [5.74, 6) is 1.42. The number of ether oxygens (including phenoxy) is 1. The van der Waals surface area contributed by atoms with Crippen LogP contribution in [-0.4, -0.2) is 47.6 Å². The second-order valence-corrected chi connectivity index (χ2v) is 6.38. The Hall–Kier alpha value is -2.80. The van der Waals surface area contributed by atoms with Gasteiger partial charge in [0, 0.05) is 54.3 Å². The van der Waals surface area contributed by atoms with Crippen LogP contribution in [0.1, 0.15) is 6.42 Å². The molecule has 1 aliphatic heterocycles. The van der Waals surface area contributed by atoms with E-state index in [0.717, 1.165) is 27.8 Å². The van der Waals surface area contributed by atoms with Crippen LogP contribution in [0.2, 0.25) is 0 Å². The fourth-order valence-corrected chi connectivity index (χ4v) is 3.26. The molecule has 6 nitrogen and oxygen atoms in total. The summed E-state index contributed by atoms with van der Waals surface area (Å²) in [6, 6.07) is 9.59. The largest absolute Gasteiger partial charge is 0.497 e. The standard InChI is InChI=1S/C19H20FN5O/c1-26-15-4-2-12(3-5-15)18-16-6-7-21-11-17(16)19(25-24-18)23-14-8-13(20)9-22-10-14/h2-7,11,13-14,22H,8-10H2,1H3,(H,23,25)/t13-,14-/m1/s1. The van der Waals surface area contributed by atoms with Crippen LogP contribution in [0.25, 0.3) is 22.0 Å². The maximum Gasteiger partial charge on any atom is 0.158 e. The van der Waals surface area contributed by atoms with Gasteiger partial charge in [-0.2, -0.15) is 0 Å². The number of rotatable bonds is 4. The Bertz CT molecular complexity index is 902. The first-order valence-electron chi connectivity index (χ1n) is 8.61. The number of nitrogens with one attached hydrogen (secondary N) is 2. The zero-order valence-corrected chi connectivity index (χ0v) is 14.4. The van der Waals surface area contributed by atoms with E-state index in [9.17, 15) is 4.39 Å². The van der Waals surface area contributed by atoms with Crippen LogP contribution >= 0.6 is 0 Å². The third-order valence-corrected chi connectivity index (χ3v) is 4.58. The molecule has 2 aromatic heterocycles. The molecule has 3 heterocycles. The fourth-order valence-electron chi connectivity index (χ4n) is 3.26. The van der Waals surface area contributed by atoms with Gasteiger partial charge in [0.05, 0.1) is 7.11 Å². The summed E-state index contributed by atoms with van der Waals surface area (Å²) in [7, 11) is 1.64. The summed E-state index contributed by atoms with van der Waals surface area (Å²) in [6.07, 6.45) is 3.11. The predicted molar refractivity (Wildman–Crippen MR) is 99.1 cm³/mol. The Morgan fingerprint density at radius 1 is 1.12 bits per heavy atom. The van der Waals surface area contributed by atoms with Crippen molar-refractivity contribution in [1.82, 2.24) is 20.5 Å². The number of piperidine rings is 1. The quantitative estimate of drug-likeness (QED) is 0.751. The van der Waals surface area contributed by atoms with Crippen molar-refractivity contribution >= 4 is 16.6 Å². The Balaban J connectivity index is 1.70. The maximum absolute atomic E-state index is 13.6. The molecule has 0 aliphatic carbocycles. The van der Waals surface area contributed by atoms with Gasteiger partial charge < -0.3 is 15.4 Å². The van der Waals surface area contributed by atoms with E-state index in [-0.39, 0.29) is 6.04 Å². The number of aromatic nitrogens is 3. The number of fused-ring (bicyclic) bond motifs is 1. The van der Waals surface area contributed by atoms with E-state index in [1.807, 2.05) is 30.3 Å². The van der Waals surface area contributed by atoms with Gasteiger partial charge in [-0.25, -0.2) is 4.39 Å². The molecule has 0 amide bonds. The van der Waals surface area contributed by atoms with E-state index >= 15 is 0 Å². The van der Waals surface area contributed by atoms with E-state index in [2.05, 4.69) is 25.8 Å². The van der Waals surface area contributed by atoms with Crippen molar-refractivity contribution in [3.63, 3.8) is 0 Å². The minimum absolute atomic E-state index is 0.0247. The van der Waals surface area contributed by atoms with Crippen LogP contribution < -0.4 is 15.4 Å². The SMILES string of the molecule is COc1ccc(-c2nnc(N[C@H]3CNC[C@H](F)C3)c3cnccc23)cc1. The summed E-state index contributed by atoms with van der Waals surface area (Å²) in [5, 5.41) is 17.0. The fraction of sp³-hybridized carbons (Fsp3) is 0.316. The van der Waals surface area contributed by atoms with Crippen LogP contribution in [-0.2, 0) is 0 Å². The molecule has 0 radical (unpaired) electrons. The molecule has 0 bridgehead atoms. The first-order chi connectivity index (χ1) is 12.7. The Labute approximate surface area is 150 Å². The molecule has 1 saturated heterocycles. The van der Waals surface area contributed by atoms with E-state index in [4.69, 9.17) is 4.74 Å². The predicted octanol–water partition coefficient (Wildman–Crippen LogP) is 2.81. The van der Waals surface area contributed by atoms with Crippen molar-refractivity contribution in [3.8, 4) is 17.0 Å². The molecule has 1 aromatic carbocycles. The molecule has 0 saturated carbocycles. The summed E-state index contributed by atoms with van der Waals surface area (Å²) in [5.41, 5.74) is 1.73. The Morgan fingerprint density at radius 3 is 2.73 bits per heavy atom. The number of hydrogen-bond donors (Lipinski definition) is 2. The third-order valence-electron chi connectivity index (χ3n) is 4.58. The third kappa shape index (κ3) is 3.30. The minimum Gasteiger partial charge on any atom is -0.497 e. The average molecular weight is 353 g/mol. The van der Waals surface area contributed by atoms with Gasteiger partial charge in [0.25, 0.3) is 0 Å². The highest BCUT2D eigenvalue weighted by Crippen LogP contribution is 2.30. The molecule has 2 N–H and O–H groups in total. The van der Waals surface area contributed by atoms with Gasteiger partial charge >= 0.3 is 0 Å². The molecular formula is C19H20FN5O. The second-order valence-electron chi connectivity index (χ2n) is 6.38. The lowest BCUT2D eigenvalue weighted by Crippen LogP contribution is -2.44. The van der Waals surface area contributed by atoms with Gasteiger partial charge in [-0.1, -0.05) is 0 Å². The first-order valence-corrected chi connectivity index (χ1v) is 8.61. The normalized spacial score (nSPS) is 20.1. The number of benzene rings is 1. The van der Waals surface area contributed by atoms with Crippen molar-refractivity contribution in [2.75, 3.05) is 25.5 Å². The van der Waals surface area contributed by atoms with Gasteiger partial charge in [-0.3, -0.25) is 4.98 Å². The van der Waals surface area contributed by atoms with Crippen molar-refractivity contribution in [1.29, 1.82) is 0 Å². The van der Waals surface area contributed by atoms with E-state index < -0.39 is 6.17 Å². The van der Waals surface area contributed by atoms with Crippen LogP contribution in [0.15, 0.2) is 42.7 Å². The zero-order chi connectivity index (χ0) is 17.9. The summed E-state index contributed by atoms with van der Waals surface area (Å²) in [6.45, 7) is 1.10. The lowest BCUT2D eigenvalue weighted by molar-refractivity contribution is 0.255. The molecule has 0 unspecified atom stereocenters. The molecular weight excluding hydrogens is 333 g/mol. The summed E-state index contributed by atoms with van der Waals surface area (Å²) in [4.78, 5) is 4.23. The molecule has 1 aliphatic rings. The monoisotopic (exact) mass is 353 g/mol. The molecule has 4 rings (SSSR count). The number of hydrogen-bond acceptors (Lipinski definition) is 6. The topological polar surface area (TPSA) is 72.0 Å². The van der Waals surface area contributed by atoms with Gasteiger partial charge in [0.15, 0.2) is 5.82 Å². The van der Waals surface area contributed by atoms with Gasteiger partial charge in [-0.05, 0) is 30.3 Å². The molecule has 1 fully saturated rings. The highest BCUT2D eigenvalue weighted by atomic mass is 19.1. The Morgan fingerprint density at radius 2 is 1.96 bits per heavy atom. The molecule has 7 heteroatoms. The smallest absolute Gasteiger partial charge is 0.158 e. The summed E-state index contributed by atoms with van der Waals surface area (Å²) >= 11 is 0. The number of halogens is 1. The van der Waals surface area contributed by atoms with Crippen LogP contribution in [0.4, 0.5) is 10.2 Å².